The largest absolute Gasteiger partial charge is 0.494 e. The Morgan fingerprint density at radius 2 is 1.84 bits per heavy atom. The highest BCUT2D eigenvalue weighted by Gasteiger charge is 2.25. The number of hydrogen-bond acceptors (Lipinski definition) is 4. The van der Waals surface area contributed by atoms with Gasteiger partial charge in [-0.2, -0.15) is 0 Å². The van der Waals surface area contributed by atoms with E-state index in [0.717, 1.165) is 0 Å². The maximum absolute atomic E-state index is 12.5. The maximum Gasteiger partial charge on any atom is 0.251 e. The molecule has 5 nitrogen and oxygen atoms in total. The van der Waals surface area contributed by atoms with Gasteiger partial charge in [0.25, 0.3) is 5.56 Å². The Hall–Kier alpha value is -2.08. The van der Waals surface area contributed by atoms with Crippen molar-refractivity contribution in [2.24, 2.45) is 0 Å². The Labute approximate surface area is 110 Å². The third-order valence-corrected chi connectivity index (χ3v) is 4.64. The summed E-state index contributed by atoms with van der Waals surface area (Å²) >= 11 is 0. The topological polar surface area (TPSA) is 87.2 Å². The second-order valence-corrected chi connectivity index (χ2v) is 5.89. The zero-order valence-electron chi connectivity index (χ0n) is 10.3. The number of aryl methyl sites for hydroxylation is 1. The van der Waals surface area contributed by atoms with Gasteiger partial charge in [-0.3, -0.25) is 9.78 Å². The van der Waals surface area contributed by atoms with Crippen LogP contribution in [0.2, 0.25) is 0 Å². The summed E-state index contributed by atoms with van der Waals surface area (Å²) in [5.41, 5.74) is -0.230. The fraction of sp³-hybridized carbons (Fsp3) is 0.154. The lowest BCUT2D eigenvalue weighted by molar-refractivity contribution is 0.432. The standard InChI is InChI=1S/C13H13NO4S/c1-2-9-8-11(15)14-13(16)12(9)19(17,18)10-6-4-3-5-7-10/h3-8H,2H2,1H3,(H2,14,15,16). The summed E-state index contributed by atoms with van der Waals surface area (Å²) in [7, 11) is -3.85. The number of hydrogen-bond donors (Lipinski definition) is 2. The number of aromatic hydroxyl groups is 1. The van der Waals surface area contributed by atoms with E-state index in [4.69, 9.17) is 0 Å². The quantitative estimate of drug-likeness (QED) is 0.890. The van der Waals surface area contributed by atoms with Crippen LogP contribution in [0.5, 0.6) is 5.88 Å². The fourth-order valence-electron chi connectivity index (χ4n) is 1.87. The molecule has 1 aromatic carbocycles. The molecule has 1 aromatic heterocycles. The monoisotopic (exact) mass is 279 g/mol. The molecule has 0 amide bonds. The predicted octanol–water partition coefficient (Wildman–Crippen LogP) is 1.48. The van der Waals surface area contributed by atoms with E-state index in [1.165, 1.54) is 18.2 Å². The lowest BCUT2D eigenvalue weighted by Gasteiger charge is -2.10. The maximum atomic E-state index is 12.5. The zero-order valence-corrected chi connectivity index (χ0v) is 11.1. The van der Waals surface area contributed by atoms with Gasteiger partial charge >= 0.3 is 0 Å². The first-order valence-electron chi connectivity index (χ1n) is 5.72. The molecule has 0 saturated heterocycles. The second kappa shape index (κ2) is 4.89. The van der Waals surface area contributed by atoms with Crippen molar-refractivity contribution in [1.82, 2.24) is 4.98 Å². The lowest BCUT2D eigenvalue weighted by Crippen LogP contribution is -2.13. The molecule has 0 radical (unpaired) electrons. The second-order valence-electron chi connectivity index (χ2n) is 4.01. The van der Waals surface area contributed by atoms with Gasteiger partial charge in [0, 0.05) is 6.07 Å². The molecular weight excluding hydrogens is 266 g/mol. The number of benzene rings is 1. The van der Waals surface area contributed by atoms with E-state index >= 15 is 0 Å². The SMILES string of the molecule is CCc1cc(=O)[nH]c(O)c1S(=O)(=O)c1ccccc1. The smallest absolute Gasteiger partial charge is 0.251 e. The molecule has 2 rings (SSSR count). The van der Waals surface area contributed by atoms with E-state index < -0.39 is 21.3 Å². The van der Waals surface area contributed by atoms with Crippen LogP contribution in [-0.2, 0) is 16.3 Å². The highest BCUT2D eigenvalue weighted by atomic mass is 32.2. The molecule has 0 fully saturated rings. The molecule has 19 heavy (non-hydrogen) atoms. The molecule has 0 aliphatic carbocycles. The lowest BCUT2D eigenvalue weighted by atomic mass is 10.2. The van der Waals surface area contributed by atoms with E-state index in [2.05, 4.69) is 4.98 Å². The van der Waals surface area contributed by atoms with Crippen molar-refractivity contribution in [3.63, 3.8) is 0 Å². The number of nitrogens with one attached hydrogen (secondary N) is 1. The van der Waals surface area contributed by atoms with E-state index in [1.54, 1.807) is 25.1 Å². The van der Waals surface area contributed by atoms with Gasteiger partial charge in [-0.15, -0.1) is 0 Å². The van der Waals surface area contributed by atoms with Gasteiger partial charge in [-0.05, 0) is 24.1 Å². The summed E-state index contributed by atoms with van der Waals surface area (Å²) in [4.78, 5) is 13.2. The molecule has 100 valence electrons. The molecule has 0 unspecified atom stereocenters. The van der Waals surface area contributed by atoms with Gasteiger partial charge in [0.15, 0.2) is 0 Å². The number of rotatable bonds is 3. The summed E-state index contributed by atoms with van der Waals surface area (Å²) in [6.45, 7) is 1.72. The van der Waals surface area contributed by atoms with Crippen LogP contribution >= 0.6 is 0 Å². The summed E-state index contributed by atoms with van der Waals surface area (Å²) < 4.78 is 24.9. The highest BCUT2D eigenvalue weighted by molar-refractivity contribution is 7.91. The first-order chi connectivity index (χ1) is 8.96. The molecule has 0 aliphatic rings. The number of pyridine rings is 1. The average molecular weight is 279 g/mol. The summed E-state index contributed by atoms with van der Waals surface area (Å²) in [5, 5.41) is 9.77. The molecular formula is C13H13NO4S. The summed E-state index contributed by atoms with van der Waals surface area (Å²) in [5.74, 6) is -0.617. The average Bonchev–Trinajstić information content (AvgIpc) is 2.38. The van der Waals surface area contributed by atoms with Crippen LogP contribution in [-0.4, -0.2) is 18.5 Å². The molecule has 0 bridgehead atoms. The first kappa shape index (κ1) is 13.4. The minimum atomic E-state index is -3.85. The Morgan fingerprint density at radius 3 is 2.42 bits per heavy atom. The van der Waals surface area contributed by atoms with E-state index in [0.29, 0.717) is 12.0 Å². The third kappa shape index (κ3) is 2.39. The van der Waals surface area contributed by atoms with Crippen LogP contribution < -0.4 is 5.56 Å². The van der Waals surface area contributed by atoms with Crippen LogP contribution in [0.3, 0.4) is 0 Å². The highest BCUT2D eigenvalue weighted by Crippen LogP contribution is 2.29. The van der Waals surface area contributed by atoms with Gasteiger partial charge in [-0.25, -0.2) is 8.42 Å². The van der Waals surface area contributed by atoms with Crippen LogP contribution in [0.4, 0.5) is 0 Å². The van der Waals surface area contributed by atoms with Crippen molar-refractivity contribution in [2.75, 3.05) is 0 Å². The molecule has 1 heterocycles. The van der Waals surface area contributed by atoms with E-state index in [-0.39, 0.29) is 9.79 Å². The van der Waals surface area contributed by atoms with Gasteiger partial charge in [0.05, 0.1) is 4.90 Å². The fourth-order valence-corrected chi connectivity index (χ4v) is 3.47. The predicted molar refractivity (Wildman–Crippen MR) is 70.0 cm³/mol. The van der Waals surface area contributed by atoms with Crippen molar-refractivity contribution in [3.8, 4) is 5.88 Å². The Bertz CT molecular complexity index is 748. The minimum absolute atomic E-state index is 0.0760. The number of aromatic amines is 1. The first-order valence-corrected chi connectivity index (χ1v) is 7.20. The Morgan fingerprint density at radius 1 is 1.21 bits per heavy atom. The summed E-state index contributed by atoms with van der Waals surface area (Å²) in [6, 6.07) is 8.98. The van der Waals surface area contributed by atoms with Crippen molar-refractivity contribution in [3.05, 3.63) is 52.3 Å². The zero-order chi connectivity index (χ0) is 14.0. The van der Waals surface area contributed by atoms with Gasteiger partial charge in [-0.1, -0.05) is 25.1 Å². The van der Waals surface area contributed by atoms with Crippen LogP contribution in [0, 0.1) is 0 Å². The molecule has 0 aliphatic heterocycles. The van der Waals surface area contributed by atoms with Crippen LogP contribution in [0.15, 0.2) is 51.0 Å². The van der Waals surface area contributed by atoms with Crippen molar-refractivity contribution < 1.29 is 13.5 Å². The number of sulfone groups is 1. The molecule has 0 spiro atoms. The van der Waals surface area contributed by atoms with Crippen LogP contribution in [0.25, 0.3) is 0 Å². The number of aromatic nitrogens is 1. The normalized spacial score (nSPS) is 11.4. The van der Waals surface area contributed by atoms with Gasteiger partial charge < -0.3 is 5.11 Å². The molecule has 2 aromatic rings. The van der Waals surface area contributed by atoms with E-state index in [1.807, 2.05) is 0 Å². The van der Waals surface area contributed by atoms with Crippen molar-refractivity contribution in [2.45, 2.75) is 23.1 Å². The van der Waals surface area contributed by atoms with Crippen molar-refractivity contribution in [1.29, 1.82) is 0 Å². The van der Waals surface area contributed by atoms with Gasteiger partial charge in [0.2, 0.25) is 15.7 Å². The molecule has 0 saturated carbocycles. The van der Waals surface area contributed by atoms with E-state index in [9.17, 15) is 18.3 Å². The van der Waals surface area contributed by atoms with Crippen molar-refractivity contribution >= 4 is 9.84 Å². The van der Waals surface area contributed by atoms with Gasteiger partial charge in [0.1, 0.15) is 4.90 Å². The molecule has 6 heteroatoms. The third-order valence-electron chi connectivity index (χ3n) is 2.76. The minimum Gasteiger partial charge on any atom is -0.494 e. The number of H-pyrrole nitrogens is 1. The molecule has 2 N–H and O–H groups in total. The summed E-state index contributed by atoms with van der Waals surface area (Å²) in [6.07, 6.45) is 0.332. The molecule has 0 atom stereocenters. The van der Waals surface area contributed by atoms with Crippen LogP contribution in [0.1, 0.15) is 12.5 Å². The Kier molecular flexibility index (Phi) is 3.44. The Balaban J connectivity index is 2.75.